The summed E-state index contributed by atoms with van der Waals surface area (Å²) in [6.07, 6.45) is 1.07. The fourth-order valence-electron chi connectivity index (χ4n) is 1.59. The van der Waals surface area contributed by atoms with Gasteiger partial charge in [0.25, 0.3) is 5.91 Å². The topological polar surface area (TPSA) is 59.6 Å². The van der Waals surface area contributed by atoms with Crippen LogP contribution in [0.15, 0.2) is 24.3 Å². The summed E-state index contributed by atoms with van der Waals surface area (Å²) in [4.78, 5) is 11.8. The van der Waals surface area contributed by atoms with Crippen LogP contribution < -0.4 is 10.6 Å². The maximum atomic E-state index is 11.8. The molecule has 0 aliphatic rings. The number of hydrogen-bond donors (Lipinski definition) is 2. The number of rotatable bonds is 10. The van der Waals surface area contributed by atoms with Gasteiger partial charge in [0.1, 0.15) is 0 Å². The predicted molar refractivity (Wildman–Crippen MR) is 80.3 cm³/mol. The second-order valence-electron chi connectivity index (χ2n) is 4.37. The van der Waals surface area contributed by atoms with Crippen LogP contribution in [0.25, 0.3) is 0 Å². The average molecular weight is 280 g/mol. The van der Waals surface area contributed by atoms with Gasteiger partial charge < -0.3 is 20.1 Å². The van der Waals surface area contributed by atoms with Crippen molar-refractivity contribution in [3.63, 3.8) is 0 Å². The standard InChI is InChI=1S/C15H24N2O3/c1-3-8-16-14-6-4-13(5-7-14)15(18)17-9-10-20-12-11-19-2/h4-7,16H,3,8-12H2,1-2H3,(H,17,18). The number of methoxy groups -OCH3 is 1. The van der Waals surface area contributed by atoms with E-state index in [1.165, 1.54) is 0 Å². The van der Waals surface area contributed by atoms with Crippen molar-refractivity contribution < 1.29 is 14.3 Å². The summed E-state index contributed by atoms with van der Waals surface area (Å²) in [5, 5.41) is 6.08. The molecule has 0 aliphatic heterocycles. The number of nitrogens with one attached hydrogen (secondary N) is 2. The van der Waals surface area contributed by atoms with Gasteiger partial charge in [-0.15, -0.1) is 0 Å². The fraction of sp³-hybridized carbons (Fsp3) is 0.533. The molecule has 0 heterocycles. The van der Waals surface area contributed by atoms with Crippen LogP contribution in [0.4, 0.5) is 5.69 Å². The molecule has 0 aliphatic carbocycles. The minimum absolute atomic E-state index is 0.0811. The normalized spacial score (nSPS) is 10.3. The summed E-state index contributed by atoms with van der Waals surface area (Å²) >= 11 is 0. The average Bonchev–Trinajstić information content (AvgIpc) is 2.49. The SMILES string of the molecule is CCCNc1ccc(C(=O)NCCOCCOC)cc1. The lowest BCUT2D eigenvalue weighted by molar-refractivity contribution is 0.0692. The van der Waals surface area contributed by atoms with Crippen molar-refractivity contribution in [3.8, 4) is 0 Å². The third kappa shape index (κ3) is 6.54. The van der Waals surface area contributed by atoms with E-state index in [1.54, 1.807) is 7.11 Å². The Hall–Kier alpha value is -1.59. The van der Waals surface area contributed by atoms with E-state index in [9.17, 15) is 4.79 Å². The first kappa shape index (κ1) is 16.5. The first-order valence-corrected chi connectivity index (χ1v) is 6.96. The molecular formula is C15H24N2O3. The Bertz CT molecular complexity index is 379. The Kier molecular flexibility index (Phi) is 8.42. The summed E-state index contributed by atoms with van der Waals surface area (Å²) in [6, 6.07) is 7.47. The second kappa shape index (κ2) is 10.2. The van der Waals surface area contributed by atoms with Gasteiger partial charge in [0.2, 0.25) is 0 Å². The fourth-order valence-corrected chi connectivity index (χ4v) is 1.59. The molecule has 0 fully saturated rings. The van der Waals surface area contributed by atoms with Gasteiger partial charge >= 0.3 is 0 Å². The van der Waals surface area contributed by atoms with E-state index < -0.39 is 0 Å². The van der Waals surface area contributed by atoms with Gasteiger partial charge in [-0.1, -0.05) is 6.92 Å². The van der Waals surface area contributed by atoms with E-state index in [1.807, 2.05) is 24.3 Å². The van der Waals surface area contributed by atoms with Gasteiger partial charge in [0, 0.05) is 31.5 Å². The van der Waals surface area contributed by atoms with Crippen molar-refractivity contribution in [1.29, 1.82) is 0 Å². The largest absolute Gasteiger partial charge is 0.385 e. The molecule has 0 aromatic heterocycles. The van der Waals surface area contributed by atoms with Crippen LogP contribution in [0.3, 0.4) is 0 Å². The van der Waals surface area contributed by atoms with E-state index in [2.05, 4.69) is 17.6 Å². The van der Waals surface area contributed by atoms with Crippen molar-refractivity contribution in [2.75, 3.05) is 45.3 Å². The summed E-state index contributed by atoms with van der Waals surface area (Å²) in [5.74, 6) is -0.0811. The predicted octanol–water partition coefficient (Wildman–Crippen LogP) is 1.90. The van der Waals surface area contributed by atoms with Crippen LogP contribution in [-0.2, 0) is 9.47 Å². The minimum Gasteiger partial charge on any atom is -0.385 e. The summed E-state index contributed by atoms with van der Waals surface area (Å²) in [5.41, 5.74) is 1.69. The molecule has 20 heavy (non-hydrogen) atoms. The van der Waals surface area contributed by atoms with Crippen molar-refractivity contribution in [2.45, 2.75) is 13.3 Å². The zero-order valence-electron chi connectivity index (χ0n) is 12.3. The Balaban J connectivity index is 2.25. The van der Waals surface area contributed by atoms with Gasteiger partial charge in [-0.2, -0.15) is 0 Å². The molecule has 5 nitrogen and oxygen atoms in total. The van der Waals surface area contributed by atoms with Crippen molar-refractivity contribution in [3.05, 3.63) is 29.8 Å². The molecule has 0 unspecified atom stereocenters. The molecule has 0 saturated heterocycles. The number of anilines is 1. The Morgan fingerprint density at radius 2 is 1.85 bits per heavy atom. The highest BCUT2D eigenvalue weighted by molar-refractivity contribution is 5.94. The minimum atomic E-state index is -0.0811. The van der Waals surface area contributed by atoms with Gasteiger partial charge in [0.15, 0.2) is 0 Å². The first-order chi connectivity index (χ1) is 9.77. The van der Waals surface area contributed by atoms with Gasteiger partial charge in [-0.25, -0.2) is 0 Å². The van der Waals surface area contributed by atoms with Crippen LogP contribution in [0.2, 0.25) is 0 Å². The Morgan fingerprint density at radius 3 is 2.50 bits per heavy atom. The summed E-state index contributed by atoms with van der Waals surface area (Å²) in [6.45, 7) is 5.15. The van der Waals surface area contributed by atoms with Crippen LogP contribution in [0.5, 0.6) is 0 Å². The molecule has 0 saturated carbocycles. The van der Waals surface area contributed by atoms with Crippen LogP contribution in [-0.4, -0.2) is 45.9 Å². The third-order valence-electron chi connectivity index (χ3n) is 2.69. The van der Waals surface area contributed by atoms with Crippen LogP contribution >= 0.6 is 0 Å². The van der Waals surface area contributed by atoms with Gasteiger partial charge in [-0.05, 0) is 30.7 Å². The number of carbonyl (C=O) groups is 1. The number of ether oxygens (including phenoxy) is 2. The van der Waals surface area contributed by atoms with E-state index in [4.69, 9.17) is 9.47 Å². The van der Waals surface area contributed by atoms with E-state index in [0.29, 0.717) is 31.9 Å². The molecule has 1 amide bonds. The maximum absolute atomic E-state index is 11.8. The number of benzene rings is 1. The zero-order chi connectivity index (χ0) is 14.6. The maximum Gasteiger partial charge on any atom is 0.251 e. The molecule has 5 heteroatoms. The molecule has 0 bridgehead atoms. The monoisotopic (exact) mass is 280 g/mol. The van der Waals surface area contributed by atoms with Gasteiger partial charge in [0.05, 0.1) is 19.8 Å². The Labute approximate surface area is 120 Å². The molecule has 1 aromatic carbocycles. The first-order valence-electron chi connectivity index (χ1n) is 6.96. The molecular weight excluding hydrogens is 256 g/mol. The third-order valence-corrected chi connectivity index (χ3v) is 2.69. The van der Waals surface area contributed by atoms with Crippen molar-refractivity contribution in [1.82, 2.24) is 5.32 Å². The van der Waals surface area contributed by atoms with E-state index in [0.717, 1.165) is 18.7 Å². The lowest BCUT2D eigenvalue weighted by atomic mass is 10.2. The second-order valence-corrected chi connectivity index (χ2v) is 4.37. The zero-order valence-corrected chi connectivity index (χ0v) is 12.3. The molecule has 0 radical (unpaired) electrons. The highest BCUT2D eigenvalue weighted by Crippen LogP contribution is 2.09. The lowest BCUT2D eigenvalue weighted by Crippen LogP contribution is -2.27. The van der Waals surface area contributed by atoms with Crippen molar-refractivity contribution in [2.24, 2.45) is 0 Å². The van der Waals surface area contributed by atoms with E-state index >= 15 is 0 Å². The molecule has 0 atom stereocenters. The van der Waals surface area contributed by atoms with Crippen LogP contribution in [0, 0.1) is 0 Å². The van der Waals surface area contributed by atoms with Crippen molar-refractivity contribution >= 4 is 11.6 Å². The van der Waals surface area contributed by atoms with E-state index in [-0.39, 0.29) is 5.91 Å². The highest BCUT2D eigenvalue weighted by atomic mass is 16.5. The quantitative estimate of drug-likeness (QED) is 0.643. The Morgan fingerprint density at radius 1 is 1.10 bits per heavy atom. The molecule has 2 N–H and O–H groups in total. The molecule has 0 spiro atoms. The number of carbonyl (C=O) groups excluding carboxylic acids is 1. The molecule has 1 aromatic rings. The number of amides is 1. The smallest absolute Gasteiger partial charge is 0.251 e. The number of hydrogen-bond acceptors (Lipinski definition) is 4. The lowest BCUT2D eigenvalue weighted by Gasteiger charge is -2.08. The molecule has 112 valence electrons. The summed E-state index contributed by atoms with van der Waals surface area (Å²) < 4.78 is 10.1. The van der Waals surface area contributed by atoms with Gasteiger partial charge in [-0.3, -0.25) is 4.79 Å². The molecule has 1 rings (SSSR count). The van der Waals surface area contributed by atoms with Crippen LogP contribution in [0.1, 0.15) is 23.7 Å². The summed E-state index contributed by atoms with van der Waals surface area (Å²) in [7, 11) is 1.63. The highest BCUT2D eigenvalue weighted by Gasteiger charge is 2.04.